The van der Waals surface area contributed by atoms with Crippen LogP contribution in [0.25, 0.3) is 0 Å². The van der Waals surface area contributed by atoms with Crippen LogP contribution in [0.5, 0.6) is 0 Å². The Kier molecular flexibility index (Phi) is 12.6. The molecule has 1 nitrogen and oxygen atoms in total. The second-order valence-corrected chi connectivity index (χ2v) is 24.9. The van der Waals surface area contributed by atoms with Crippen LogP contribution in [-0.2, 0) is 4.74 Å². The van der Waals surface area contributed by atoms with Gasteiger partial charge in [-0.2, -0.15) is 0 Å². The smallest absolute Gasteiger partial charge is 0.121 e. The Morgan fingerprint density at radius 2 is 0.351 bits per heavy atom. The molecule has 0 aliphatic heterocycles. The Balaban J connectivity index is 1.51. The van der Waals surface area contributed by atoms with Gasteiger partial charge in [-0.1, -0.05) is 243 Å². The molecule has 0 aliphatic rings. The van der Waals surface area contributed by atoms with Gasteiger partial charge >= 0.3 is 0 Å². The first-order valence-electron chi connectivity index (χ1n) is 19.4. The molecule has 8 aromatic carbocycles. The molecule has 0 saturated carbocycles. The minimum Gasteiger partial charge on any atom is -0.349 e. The van der Waals surface area contributed by atoms with Crippen LogP contribution in [0.4, 0.5) is 0 Å². The van der Waals surface area contributed by atoms with Gasteiger partial charge in [0.25, 0.3) is 0 Å². The van der Waals surface area contributed by atoms with E-state index in [0.717, 1.165) is 0 Å². The van der Waals surface area contributed by atoms with Crippen molar-refractivity contribution in [3.8, 4) is 0 Å². The van der Waals surface area contributed by atoms with Crippen LogP contribution in [-0.4, -0.2) is 10.2 Å². The van der Waals surface area contributed by atoms with E-state index in [1.807, 2.05) is 0 Å². The van der Waals surface area contributed by atoms with Crippen molar-refractivity contribution < 1.29 is 4.74 Å². The Bertz CT molecular complexity index is 1910. The first-order valence-corrected chi connectivity index (χ1v) is 24.7. The lowest BCUT2D eigenvalue weighted by Gasteiger charge is -2.54. The summed E-state index contributed by atoms with van der Waals surface area (Å²) in [4.78, 5) is 0. The number of ether oxygens (including phenoxy) is 1. The van der Waals surface area contributed by atoms with E-state index in [-0.39, 0.29) is 0 Å². The van der Waals surface area contributed by atoms with Crippen molar-refractivity contribution in [2.75, 3.05) is 0 Å². The zero-order chi connectivity index (χ0) is 38.9. The van der Waals surface area contributed by atoms with Crippen LogP contribution in [0.15, 0.2) is 243 Å². The Labute approximate surface area is 343 Å². The molecule has 0 aliphatic carbocycles. The number of hydrogen-bond donors (Lipinski definition) is 0. The van der Waals surface area contributed by atoms with E-state index in [9.17, 15) is 0 Å². The van der Waals surface area contributed by atoms with Gasteiger partial charge in [0.05, 0.1) is 0 Å². The quantitative estimate of drug-likeness (QED) is 0.0995. The van der Waals surface area contributed by atoms with Crippen LogP contribution < -0.4 is 42.4 Å². The van der Waals surface area contributed by atoms with Crippen LogP contribution in [0.3, 0.4) is 0 Å². The molecule has 0 N–H and O–H groups in total. The van der Waals surface area contributed by atoms with E-state index in [0.29, 0.717) is 0 Å². The predicted molar refractivity (Wildman–Crippen MR) is 254 cm³/mol. The summed E-state index contributed by atoms with van der Waals surface area (Å²) in [6.45, 7) is 4.94. The predicted octanol–water partition coefficient (Wildman–Crippen LogP) is 10.9. The van der Waals surface area contributed by atoms with Gasteiger partial charge in [0.1, 0.15) is 10.2 Å². The minimum atomic E-state index is -1.15. The lowest BCUT2D eigenvalue weighted by Crippen LogP contribution is -2.48. The van der Waals surface area contributed by atoms with Crippen molar-refractivity contribution in [3.05, 3.63) is 243 Å². The summed E-state index contributed by atoms with van der Waals surface area (Å²) in [7, 11) is -4.58. The summed E-state index contributed by atoms with van der Waals surface area (Å²) >= 11 is 0. The zero-order valence-electron chi connectivity index (χ0n) is 32.3. The van der Waals surface area contributed by atoms with Crippen LogP contribution >= 0.6 is 31.7 Å². The fourth-order valence-electron chi connectivity index (χ4n) is 7.88. The van der Waals surface area contributed by atoms with Gasteiger partial charge in [-0.3, -0.25) is 0 Å². The lowest BCUT2D eigenvalue weighted by molar-refractivity contribution is 0.0586. The van der Waals surface area contributed by atoms with Gasteiger partial charge in [0.2, 0.25) is 0 Å². The van der Waals surface area contributed by atoms with Crippen LogP contribution in [0.1, 0.15) is 13.8 Å². The summed E-state index contributed by atoms with van der Waals surface area (Å²) in [5.74, 6) is 0. The number of rotatable bonds is 14. The molecular formula is C52H46OP4. The first-order chi connectivity index (χ1) is 28.1. The second kappa shape index (κ2) is 18.4. The third kappa shape index (κ3) is 8.53. The summed E-state index contributed by atoms with van der Waals surface area (Å²) in [5.41, 5.74) is 0. The molecule has 0 radical (unpaired) electrons. The second-order valence-electron chi connectivity index (χ2n) is 14.0. The van der Waals surface area contributed by atoms with Crippen molar-refractivity contribution in [1.29, 1.82) is 0 Å². The monoisotopic (exact) mass is 810 g/mol. The Hall–Kier alpha value is -4.56. The zero-order valence-corrected chi connectivity index (χ0v) is 35.9. The van der Waals surface area contributed by atoms with Gasteiger partial charge in [-0.25, -0.2) is 0 Å². The SMILES string of the molecule is CC(OC(C)(P(c1ccccc1)c1ccccc1)P(c1ccccc1)c1ccccc1)(P(c1ccccc1)c1ccccc1)P(c1ccccc1)c1ccccc1. The van der Waals surface area contributed by atoms with Crippen molar-refractivity contribution in [2.45, 2.75) is 24.0 Å². The topological polar surface area (TPSA) is 9.23 Å². The molecule has 8 aromatic rings. The highest BCUT2D eigenvalue weighted by atomic mass is 31.2. The molecule has 0 spiro atoms. The largest absolute Gasteiger partial charge is 0.349 e. The van der Waals surface area contributed by atoms with E-state index < -0.39 is 41.9 Å². The molecule has 0 unspecified atom stereocenters. The lowest BCUT2D eigenvalue weighted by atomic mass is 10.4. The molecule has 0 fully saturated rings. The van der Waals surface area contributed by atoms with Crippen LogP contribution in [0.2, 0.25) is 0 Å². The van der Waals surface area contributed by atoms with Gasteiger partial charge in [-0.15, -0.1) is 0 Å². The number of benzene rings is 8. The van der Waals surface area contributed by atoms with Gasteiger partial charge in [-0.05, 0) is 88.0 Å². The van der Waals surface area contributed by atoms with Gasteiger partial charge < -0.3 is 4.74 Å². The molecule has 5 heteroatoms. The fourth-order valence-corrected chi connectivity index (χ4v) is 22.4. The van der Waals surface area contributed by atoms with Crippen molar-refractivity contribution in [3.63, 3.8) is 0 Å². The minimum absolute atomic E-state index is 0.723. The molecule has 0 atom stereocenters. The molecular weight excluding hydrogens is 764 g/mol. The average molecular weight is 811 g/mol. The first kappa shape index (κ1) is 39.3. The van der Waals surface area contributed by atoms with Crippen molar-refractivity contribution >= 4 is 74.1 Å². The van der Waals surface area contributed by atoms with E-state index >= 15 is 0 Å². The average Bonchev–Trinajstić information content (AvgIpc) is 3.27. The highest BCUT2D eigenvalue weighted by molar-refractivity contribution is 7.92. The molecule has 0 bridgehead atoms. The standard InChI is InChI=1S/C52H46OP4/c1-51(54(43-27-11-3-12-28-43)44-29-13-4-14-30-44,55(45-31-15-5-16-32-45)46-33-17-6-18-34-46)53-52(2,56(47-35-19-7-20-36-47)48-37-21-8-22-38-48)57(49-39-23-9-24-40-49)50-41-25-10-26-42-50/h3-42H,1-2H3. The number of hydrogen-bond acceptors (Lipinski definition) is 1. The summed E-state index contributed by atoms with van der Waals surface area (Å²) in [6, 6.07) is 89.5. The third-order valence-corrected chi connectivity index (χ3v) is 22.8. The van der Waals surface area contributed by atoms with Gasteiger partial charge in [0.15, 0.2) is 0 Å². The molecule has 0 saturated heterocycles. The summed E-state index contributed by atoms with van der Waals surface area (Å²) in [5, 5.41) is 8.96. The maximum Gasteiger partial charge on any atom is 0.121 e. The fraction of sp³-hybridized carbons (Fsp3) is 0.0769. The van der Waals surface area contributed by atoms with Crippen molar-refractivity contribution in [1.82, 2.24) is 0 Å². The van der Waals surface area contributed by atoms with E-state index in [4.69, 9.17) is 4.74 Å². The molecule has 57 heavy (non-hydrogen) atoms. The maximum absolute atomic E-state index is 8.82. The highest BCUT2D eigenvalue weighted by Gasteiger charge is 2.55. The van der Waals surface area contributed by atoms with Crippen molar-refractivity contribution in [2.24, 2.45) is 0 Å². The normalized spacial score (nSPS) is 12.0. The molecule has 280 valence electrons. The third-order valence-electron chi connectivity index (χ3n) is 10.2. The molecule has 0 heterocycles. The molecule has 0 amide bonds. The summed E-state index contributed by atoms with van der Waals surface area (Å²) in [6.07, 6.45) is 0. The summed E-state index contributed by atoms with van der Waals surface area (Å²) < 4.78 is 8.82. The molecule has 8 rings (SSSR count). The Morgan fingerprint density at radius 3 is 0.474 bits per heavy atom. The molecule has 0 aromatic heterocycles. The maximum atomic E-state index is 8.82. The van der Waals surface area contributed by atoms with Gasteiger partial charge in [0, 0.05) is 0 Å². The van der Waals surface area contributed by atoms with E-state index in [1.54, 1.807) is 0 Å². The Morgan fingerprint density at radius 1 is 0.228 bits per heavy atom. The highest BCUT2D eigenvalue weighted by Crippen LogP contribution is 2.74. The van der Waals surface area contributed by atoms with E-state index in [1.165, 1.54) is 42.4 Å². The van der Waals surface area contributed by atoms with E-state index in [2.05, 4.69) is 257 Å². The van der Waals surface area contributed by atoms with Crippen LogP contribution in [0, 0.1) is 0 Å².